The third-order valence-corrected chi connectivity index (χ3v) is 3.46. The Morgan fingerprint density at radius 2 is 1.29 bits per heavy atom. The molecule has 0 saturated heterocycles. The second-order valence-electron chi connectivity index (χ2n) is 5.47. The van der Waals surface area contributed by atoms with Gasteiger partial charge in [0.2, 0.25) is 0 Å². The molecule has 160 valence electrons. The predicted octanol–water partition coefficient (Wildman–Crippen LogP) is 4.93. The summed E-state index contributed by atoms with van der Waals surface area (Å²) in [5, 5.41) is 0. The molecule has 0 amide bonds. The molecule has 0 aliphatic rings. The van der Waals surface area contributed by atoms with Gasteiger partial charge in [0.15, 0.2) is 11.6 Å². The summed E-state index contributed by atoms with van der Waals surface area (Å²) in [6.45, 7) is 6.39. The molecule has 0 aromatic heterocycles. The van der Waals surface area contributed by atoms with E-state index in [0.717, 1.165) is 49.3 Å². The smallest absolute Gasteiger partial charge is 0.335 e. The number of rotatable bonds is 9. The Kier molecular flexibility index (Phi) is 8.21. The van der Waals surface area contributed by atoms with Gasteiger partial charge in [0, 0.05) is 35.4 Å². The molecule has 0 heterocycles. The van der Waals surface area contributed by atoms with Crippen molar-refractivity contribution in [3.63, 3.8) is 0 Å². The Bertz CT molecular complexity index is 1060. The van der Waals surface area contributed by atoms with Crippen molar-refractivity contribution in [2.45, 2.75) is 0 Å². The number of esters is 2. The van der Waals surface area contributed by atoms with Crippen molar-refractivity contribution in [3.05, 3.63) is 98.1 Å². The van der Waals surface area contributed by atoms with E-state index in [9.17, 15) is 22.8 Å². The van der Waals surface area contributed by atoms with Crippen LogP contribution in [0.4, 0.5) is 13.2 Å². The number of ether oxygens (including phenoxy) is 4. The normalized spacial score (nSPS) is 10.7. The SMILES string of the molecule is C=CC(=O)OC=COc1ccc(-c2cc(F)c(OC=COC(=O)C=C)cc2F)c(F)c1. The summed E-state index contributed by atoms with van der Waals surface area (Å²) >= 11 is 0. The molecule has 0 bridgehead atoms. The molecule has 2 rings (SSSR count). The van der Waals surface area contributed by atoms with Crippen LogP contribution in [0.1, 0.15) is 0 Å². The van der Waals surface area contributed by atoms with E-state index in [2.05, 4.69) is 22.6 Å². The lowest BCUT2D eigenvalue weighted by Gasteiger charge is -2.09. The number of carbonyl (C=O) groups excluding carboxylic acids is 2. The molecule has 0 radical (unpaired) electrons. The molecule has 0 spiro atoms. The summed E-state index contributed by atoms with van der Waals surface area (Å²) in [5.41, 5.74) is -0.584. The zero-order valence-electron chi connectivity index (χ0n) is 15.8. The maximum atomic E-state index is 14.4. The van der Waals surface area contributed by atoms with Gasteiger partial charge in [0.05, 0.1) is 0 Å². The average Bonchev–Trinajstić information content (AvgIpc) is 2.76. The van der Waals surface area contributed by atoms with Crippen molar-refractivity contribution in [1.29, 1.82) is 0 Å². The van der Waals surface area contributed by atoms with E-state index in [1.807, 2.05) is 0 Å². The minimum absolute atomic E-state index is 0.0206. The first kappa shape index (κ1) is 23.0. The van der Waals surface area contributed by atoms with Crippen molar-refractivity contribution < 1.29 is 41.7 Å². The van der Waals surface area contributed by atoms with Gasteiger partial charge in [0.1, 0.15) is 42.4 Å². The Hall–Kier alpha value is -4.27. The first-order valence-electron chi connectivity index (χ1n) is 8.44. The second kappa shape index (κ2) is 11.1. The lowest BCUT2D eigenvalue weighted by Crippen LogP contribution is -1.96. The zero-order chi connectivity index (χ0) is 22.8. The fraction of sp³-hybridized carbons (Fsp3) is 0. The summed E-state index contributed by atoms with van der Waals surface area (Å²) in [5.74, 6) is -4.80. The minimum Gasteiger partial charge on any atom is -0.462 e. The van der Waals surface area contributed by atoms with Gasteiger partial charge in [-0.05, 0) is 18.2 Å². The maximum absolute atomic E-state index is 14.4. The largest absolute Gasteiger partial charge is 0.462 e. The lowest BCUT2D eigenvalue weighted by atomic mass is 10.0. The molecule has 0 aliphatic heterocycles. The number of carbonyl (C=O) groups is 2. The van der Waals surface area contributed by atoms with Gasteiger partial charge in [0.25, 0.3) is 0 Å². The molecule has 0 fully saturated rings. The molecule has 31 heavy (non-hydrogen) atoms. The van der Waals surface area contributed by atoms with Gasteiger partial charge >= 0.3 is 11.9 Å². The first-order chi connectivity index (χ1) is 14.8. The Labute approximate surface area is 175 Å². The molecule has 6 nitrogen and oxygen atoms in total. The van der Waals surface area contributed by atoms with Gasteiger partial charge in [-0.3, -0.25) is 0 Å². The first-order valence-corrected chi connectivity index (χ1v) is 8.44. The Morgan fingerprint density at radius 1 is 0.710 bits per heavy atom. The lowest BCUT2D eigenvalue weighted by molar-refractivity contribution is -0.133. The van der Waals surface area contributed by atoms with Crippen molar-refractivity contribution in [2.24, 2.45) is 0 Å². The van der Waals surface area contributed by atoms with Crippen LogP contribution in [0.5, 0.6) is 11.5 Å². The van der Waals surface area contributed by atoms with Crippen LogP contribution < -0.4 is 9.47 Å². The molecule has 0 atom stereocenters. The topological polar surface area (TPSA) is 71.1 Å². The molecule has 0 aliphatic carbocycles. The van der Waals surface area contributed by atoms with Crippen LogP contribution in [0.3, 0.4) is 0 Å². The van der Waals surface area contributed by atoms with E-state index in [1.54, 1.807) is 0 Å². The highest BCUT2D eigenvalue weighted by Crippen LogP contribution is 2.32. The molecule has 2 aromatic carbocycles. The number of hydrogen-bond donors (Lipinski definition) is 0. The fourth-order valence-corrected chi connectivity index (χ4v) is 2.11. The van der Waals surface area contributed by atoms with E-state index >= 15 is 0 Å². The summed E-state index contributed by atoms with van der Waals surface area (Å²) in [4.78, 5) is 21.7. The van der Waals surface area contributed by atoms with Crippen LogP contribution in [-0.2, 0) is 19.1 Å². The molecular formula is C22H15F3O6. The predicted molar refractivity (Wildman–Crippen MR) is 104 cm³/mol. The fourth-order valence-electron chi connectivity index (χ4n) is 2.11. The van der Waals surface area contributed by atoms with Crippen molar-refractivity contribution >= 4 is 11.9 Å². The van der Waals surface area contributed by atoms with Crippen LogP contribution in [0.25, 0.3) is 11.1 Å². The summed E-state index contributed by atoms with van der Waals surface area (Å²) in [6, 6.07) is 4.89. The van der Waals surface area contributed by atoms with E-state index in [-0.39, 0.29) is 16.9 Å². The van der Waals surface area contributed by atoms with Crippen molar-refractivity contribution in [2.75, 3.05) is 0 Å². The highest BCUT2D eigenvalue weighted by molar-refractivity contribution is 5.82. The van der Waals surface area contributed by atoms with E-state index < -0.39 is 35.1 Å². The molecule has 9 heteroatoms. The Morgan fingerprint density at radius 3 is 1.87 bits per heavy atom. The van der Waals surface area contributed by atoms with Crippen LogP contribution in [0, 0.1) is 17.5 Å². The average molecular weight is 432 g/mol. The number of hydrogen-bond acceptors (Lipinski definition) is 6. The van der Waals surface area contributed by atoms with Crippen molar-refractivity contribution in [1.82, 2.24) is 0 Å². The van der Waals surface area contributed by atoms with Crippen LogP contribution in [-0.4, -0.2) is 11.9 Å². The highest BCUT2D eigenvalue weighted by atomic mass is 19.1. The number of halogens is 3. The third kappa shape index (κ3) is 6.64. The zero-order valence-corrected chi connectivity index (χ0v) is 15.8. The highest BCUT2D eigenvalue weighted by Gasteiger charge is 2.16. The second-order valence-corrected chi connectivity index (χ2v) is 5.47. The van der Waals surface area contributed by atoms with E-state index in [1.165, 1.54) is 12.1 Å². The minimum atomic E-state index is -0.984. The van der Waals surface area contributed by atoms with Crippen LogP contribution in [0.2, 0.25) is 0 Å². The molecule has 0 unspecified atom stereocenters. The third-order valence-electron chi connectivity index (χ3n) is 3.46. The standard InChI is InChI=1S/C22H15F3O6/c1-3-21(26)30-9-7-28-14-5-6-15(17(23)11-14)16-12-19(25)20(13-18(16)24)29-8-10-31-22(27)4-2/h3-13H,1-2H2. The molecule has 2 aromatic rings. The summed E-state index contributed by atoms with van der Waals surface area (Å²) in [6.07, 6.45) is 5.40. The van der Waals surface area contributed by atoms with E-state index in [0.29, 0.717) is 6.07 Å². The van der Waals surface area contributed by atoms with Crippen molar-refractivity contribution in [3.8, 4) is 22.6 Å². The van der Waals surface area contributed by atoms with Gasteiger partial charge < -0.3 is 18.9 Å². The van der Waals surface area contributed by atoms with Crippen LogP contribution >= 0.6 is 0 Å². The van der Waals surface area contributed by atoms with Gasteiger partial charge in [-0.15, -0.1) is 0 Å². The molecular weight excluding hydrogens is 417 g/mol. The molecule has 0 N–H and O–H groups in total. The van der Waals surface area contributed by atoms with Gasteiger partial charge in [-0.1, -0.05) is 13.2 Å². The number of benzene rings is 2. The van der Waals surface area contributed by atoms with E-state index in [4.69, 9.17) is 9.47 Å². The summed E-state index contributed by atoms with van der Waals surface area (Å²) < 4.78 is 62.0. The van der Waals surface area contributed by atoms with Gasteiger partial charge in [-0.25, -0.2) is 22.8 Å². The molecule has 0 saturated carbocycles. The quantitative estimate of drug-likeness (QED) is 0.318. The van der Waals surface area contributed by atoms with Gasteiger partial charge in [-0.2, -0.15) is 0 Å². The monoisotopic (exact) mass is 432 g/mol. The van der Waals surface area contributed by atoms with Crippen LogP contribution in [0.15, 0.2) is 80.7 Å². The maximum Gasteiger partial charge on any atom is 0.335 e. The summed E-state index contributed by atoms with van der Waals surface area (Å²) in [7, 11) is 0. The Balaban J connectivity index is 2.14.